The summed E-state index contributed by atoms with van der Waals surface area (Å²) in [7, 11) is 2.10. The third-order valence-electron chi connectivity index (χ3n) is 5.26. The van der Waals surface area contributed by atoms with Crippen molar-refractivity contribution in [2.24, 2.45) is 5.92 Å². The van der Waals surface area contributed by atoms with Gasteiger partial charge in [-0.3, -0.25) is 10.1 Å². The number of rotatable bonds is 9. The number of carbonyl (C=O) groups excluding carboxylic acids is 2. The normalized spacial score (nSPS) is 17.6. The Labute approximate surface area is 173 Å². The van der Waals surface area contributed by atoms with Crippen molar-refractivity contribution in [3.63, 3.8) is 0 Å². The molecule has 0 saturated carbocycles. The second kappa shape index (κ2) is 11.4. The summed E-state index contributed by atoms with van der Waals surface area (Å²) in [6.45, 7) is 5.56. The van der Waals surface area contributed by atoms with Crippen molar-refractivity contribution in [3.8, 4) is 6.07 Å². The summed E-state index contributed by atoms with van der Waals surface area (Å²) in [5, 5.41) is 14.1. The van der Waals surface area contributed by atoms with Crippen LogP contribution in [0, 0.1) is 17.2 Å². The molecule has 1 fully saturated rings. The van der Waals surface area contributed by atoms with Gasteiger partial charge in [-0.25, -0.2) is 4.79 Å². The molecule has 2 N–H and O–H groups in total. The first-order valence-corrected chi connectivity index (χ1v) is 10.3. The number of hydrogen-bond acceptors (Lipinski definition) is 5. The van der Waals surface area contributed by atoms with Crippen LogP contribution in [-0.4, -0.2) is 49.7 Å². The highest BCUT2D eigenvalue weighted by Gasteiger charge is 2.23. The lowest BCUT2D eigenvalue weighted by Crippen LogP contribution is -2.30. The van der Waals surface area contributed by atoms with Gasteiger partial charge in [-0.05, 0) is 62.9 Å². The molecule has 2 atom stereocenters. The Hall–Kier alpha value is -2.59. The van der Waals surface area contributed by atoms with E-state index in [2.05, 4.69) is 22.6 Å². The molecule has 0 aliphatic carbocycles. The van der Waals surface area contributed by atoms with Crippen molar-refractivity contribution in [1.82, 2.24) is 10.2 Å². The summed E-state index contributed by atoms with van der Waals surface area (Å²) in [6, 6.07) is 9.66. The van der Waals surface area contributed by atoms with Crippen LogP contribution in [0.25, 0.3) is 0 Å². The van der Waals surface area contributed by atoms with E-state index in [4.69, 9.17) is 10.00 Å². The Kier molecular flexibility index (Phi) is 8.94. The lowest BCUT2D eigenvalue weighted by molar-refractivity contribution is -0.122. The number of nitriles is 1. The zero-order valence-corrected chi connectivity index (χ0v) is 17.6. The van der Waals surface area contributed by atoms with Crippen LogP contribution in [0.3, 0.4) is 0 Å². The van der Waals surface area contributed by atoms with Crippen molar-refractivity contribution >= 4 is 17.7 Å². The van der Waals surface area contributed by atoms with Gasteiger partial charge < -0.3 is 15.0 Å². The van der Waals surface area contributed by atoms with E-state index >= 15 is 0 Å². The number of amides is 2. The quantitative estimate of drug-likeness (QED) is 0.619. The first kappa shape index (κ1) is 22.7. The molecule has 1 aliphatic heterocycles. The first-order valence-electron chi connectivity index (χ1n) is 10.3. The fourth-order valence-corrected chi connectivity index (χ4v) is 3.73. The van der Waals surface area contributed by atoms with E-state index < -0.39 is 6.09 Å². The fraction of sp³-hybridized carbons (Fsp3) is 0.591. The minimum atomic E-state index is -0.489. The predicted molar refractivity (Wildman–Crippen MR) is 113 cm³/mol. The summed E-state index contributed by atoms with van der Waals surface area (Å²) in [5.74, 6) is -0.247. The number of nitrogens with one attached hydrogen (secondary N) is 2. The number of nitrogens with zero attached hydrogens (tertiary/aromatic N) is 2. The number of likely N-dealkylation sites (tertiary alicyclic amines) is 1. The molecule has 0 bridgehead atoms. The fourth-order valence-electron chi connectivity index (χ4n) is 3.73. The third kappa shape index (κ3) is 7.39. The van der Waals surface area contributed by atoms with E-state index in [1.54, 1.807) is 12.1 Å². The zero-order valence-electron chi connectivity index (χ0n) is 17.6. The molecule has 0 spiro atoms. The molecule has 1 aromatic rings. The van der Waals surface area contributed by atoms with Crippen LogP contribution < -0.4 is 10.6 Å². The van der Waals surface area contributed by atoms with E-state index in [1.807, 2.05) is 32.0 Å². The van der Waals surface area contributed by atoms with E-state index in [9.17, 15) is 9.59 Å². The highest BCUT2D eigenvalue weighted by atomic mass is 16.5. The number of hydrogen-bond donors (Lipinski definition) is 2. The zero-order chi connectivity index (χ0) is 21.2. The summed E-state index contributed by atoms with van der Waals surface area (Å²) in [5.41, 5.74) is 1.40. The molecule has 158 valence electrons. The smallest absolute Gasteiger partial charge is 0.411 e. The molecule has 2 unspecified atom stereocenters. The molecule has 0 radical (unpaired) electrons. The Bertz CT molecular complexity index is 729. The summed E-state index contributed by atoms with van der Waals surface area (Å²) in [6.07, 6.45) is 3.34. The SMILES string of the molecule is CC(C)CC(C(=O)NCC#N)c1cccc(NC(=O)OCCC2CCCN2C)c1. The average molecular weight is 401 g/mol. The van der Waals surface area contributed by atoms with Crippen LogP contribution in [-0.2, 0) is 9.53 Å². The van der Waals surface area contributed by atoms with Crippen molar-refractivity contribution in [2.45, 2.75) is 51.5 Å². The lowest BCUT2D eigenvalue weighted by atomic mass is 9.89. The van der Waals surface area contributed by atoms with Crippen LogP contribution >= 0.6 is 0 Å². The minimum absolute atomic E-state index is 0.0200. The van der Waals surface area contributed by atoms with E-state index in [1.165, 1.54) is 6.42 Å². The summed E-state index contributed by atoms with van der Waals surface area (Å²) < 4.78 is 5.33. The van der Waals surface area contributed by atoms with Gasteiger partial charge in [0.1, 0.15) is 6.54 Å². The molecule has 1 saturated heterocycles. The van der Waals surface area contributed by atoms with Crippen LogP contribution in [0.1, 0.15) is 51.0 Å². The van der Waals surface area contributed by atoms with Crippen molar-refractivity contribution in [1.29, 1.82) is 5.26 Å². The molecule has 29 heavy (non-hydrogen) atoms. The van der Waals surface area contributed by atoms with E-state index in [0.29, 0.717) is 30.7 Å². The summed E-state index contributed by atoms with van der Waals surface area (Å²) >= 11 is 0. The highest BCUT2D eigenvalue weighted by Crippen LogP contribution is 2.26. The molecule has 2 amide bonds. The van der Waals surface area contributed by atoms with Gasteiger partial charge in [-0.2, -0.15) is 5.26 Å². The number of benzene rings is 1. The standard InChI is InChI=1S/C22H32N4O3/c1-16(2)14-20(21(27)24-11-10-23)17-6-4-7-18(15-17)25-22(28)29-13-9-19-8-5-12-26(19)3/h4,6-7,15-16,19-20H,5,8-9,11-14H2,1-3H3,(H,24,27)(H,25,28). The maximum absolute atomic E-state index is 12.5. The maximum atomic E-state index is 12.5. The van der Waals surface area contributed by atoms with Crippen LogP contribution in [0.15, 0.2) is 24.3 Å². The molecule has 7 heteroatoms. The average Bonchev–Trinajstić information content (AvgIpc) is 3.09. The van der Waals surface area contributed by atoms with Gasteiger partial charge >= 0.3 is 6.09 Å². The Balaban J connectivity index is 1.94. The second-order valence-corrected chi connectivity index (χ2v) is 8.01. The van der Waals surface area contributed by atoms with Crippen molar-refractivity contribution in [3.05, 3.63) is 29.8 Å². The van der Waals surface area contributed by atoms with Gasteiger partial charge in [0.25, 0.3) is 0 Å². The Morgan fingerprint density at radius 3 is 2.83 bits per heavy atom. The van der Waals surface area contributed by atoms with Gasteiger partial charge in [0, 0.05) is 11.7 Å². The monoisotopic (exact) mass is 400 g/mol. The molecule has 1 aliphatic rings. The molecule has 1 aromatic carbocycles. The number of anilines is 1. The Morgan fingerprint density at radius 1 is 1.38 bits per heavy atom. The second-order valence-electron chi connectivity index (χ2n) is 8.01. The van der Waals surface area contributed by atoms with Gasteiger partial charge in [0.05, 0.1) is 18.6 Å². The van der Waals surface area contributed by atoms with Crippen molar-refractivity contribution in [2.75, 3.05) is 32.1 Å². The van der Waals surface area contributed by atoms with Crippen LogP contribution in [0.5, 0.6) is 0 Å². The van der Waals surface area contributed by atoms with Gasteiger partial charge in [0.2, 0.25) is 5.91 Å². The third-order valence-corrected chi connectivity index (χ3v) is 5.26. The van der Waals surface area contributed by atoms with Gasteiger partial charge in [-0.1, -0.05) is 26.0 Å². The first-order chi connectivity index (χ1) is 13.9. The predicted octanol–water partition coefficient (Wildman–Crippen LogP) is 3.49. The molecule has 2 rings (SSSR count). The highest BCUT2D eigenvalue weighted by molar-refractivity contribution is 5.86. The Morgan fingerprint density at radius 2 is 2.17 bits per heavy atom. The molecular formula is C22H32N4O3. The van der Waals surface area contributed by atoms with E-state index in [-0.39, 0.29) is 18.4 Å². The lowest BCUT2D eigenvalue weighted by Gasteiger charge is -2.20. The molecule has 1 heterocycles. The van der Waals surface area contributed by atoms with Crippen LogP contribution in [0.2, 0.25) is 0 Å². The maximum Gasteiger partial charge on any atom is 0.411 e. The molecular weight excluding hydrogens is 368 g/mol. The van der Waals surface area contributed by atoms with Crippen LogP contribution in [0.4, 0.5) is 10.5 Å². The topological polar surface area (TPSA) is 94.5 Å². The van der Waals surface area contributed by atoms with E-state index in [0.717, 1.165) is 24.9 Å². The number of ether oxygens (including phenoxy) is 1. The molecule has 0 aromatic heterocycles. The number of carbonyl (C=O) groups is 2. The van der Waals surface area contributed by atoms with Gasteiger partial charge in [0.15, 0.2) is 0 Å². The largest absolute Gasteiger partial charge is 0.449 e. The van der Waals surface area contributed by atoms with Crippen molar-refractivity contribution < 1.29 is 14.3 Å². The summed E-state index contributed by atoms with van der Waals surface area (Å²) in [4.78, 5) is 26.9. The van der Waals surface area contributed by atoms with Gasteiger partial charge in [-0.15, -0.1) is 0 Å². The molecule has 7 nitrogen and oxygen atoms in total. The minimum Gasteiger partial charge on any atom is -0.449 e.